The Hall–Kier alpha value is -3.58. The molecule has 1 fully saturated rings. The Kier molecular flexibility index (Phi) is 4.84. The van der Waals surface area contributed by atoms with Crippen LogP contribution in [-0.4, -0.2) is 50.0 Å². The van der Waals surface area contributed by atoms with Crippen LogP contribution in [0.3, 0.4) is 0 Å². The molecular formula is C17H18N10. The summed E-state index contributed by atoms with van der Waals surface area (Å²) in [7, 11) is 0. The van der Waals surface area contributed by atoms with Crippen LogP contribution in [-0.2, 0) is 0 Å². The topological polar surface area (TPSA) is 140 Å². The van der Waals surface area contributed by atoms with E-state index in [4.69, 9.17) is 5.26 Å². The molecule has 0 aromatic carbocycles. The number of rotatable bonds is 6. The first-order valence-corrected chi connectivity index (χ1v) is 8.62. The summed E-state index contributed by atoms with van der Waals surface area (Å²) in [5, 5.41) is 34.1. The fourth-order valence-electron chi connectivity index (χ4n) is 2.91. The molecule has 0 amide bonds. The highest BCUT2D eigenvalue weighted by Gasteiger charge is 2.16. The van der Waals surface area contributed by atoms with Crippen molar-refractivity contribution in [3.63, 3.8) is 0 Å². The van der Waals surface area contributed by atoms with Gasteiger partial charge in [-0.3, -0.25) is 5.10 Å². The van der Waals surface area contributed by atoms with E-state index in [0.29, 0.717) is 17.6 Å². The minimum absolute atomic E-state index is 0.259. The smallest absolute Gasteiger partial charge is 0.158 e. The number of aromatic amines is 1. The lowest BCUT2D eigenvalue weighted by Crippen LogP contribution is -2.18. The zero-order valence-electron chi connectivity index (χ0n) is 14.5. The van der Waals surface area contributed by atoms with Gasteiger partial charge in [-0.05, 0) is 25.4 Å². The zero-order chi connectivity index (χ0) is 18.5. The highest BCUT2D eigenvalue weighted by Crippen LogP contribution is 2.27. The van der Waals surface area contributed by atoms with Crippen molar-refractivity contribution in [1.29, 1.82) is 5.26 Å². The van der Waals surface area contributed by atoms with E-state index in [1.165, 1.54) is 12.4 Å². The standard InChI is InChI=1S/C17H18N10/c18-4-13-9-22-16(10-20-13)25-15-3-14(21-6-11-1-2-19-5-11)17(27-26-15)12-7-23-24-8-12/h3,7-11,19H,1-2,5-6H2,(H,23,24)(H2,21,22,25,26). The van der Waals surface area contributed by atoms with Crippen LogP contribution >= 0.6 is 0 Å². The fourth-order valence-corrected chi connectivity index (χ4v) is 2.91. The minimum atomic E-state index is 0.259. The third-order valence-corrected chi connectivity index (χ3v) is 4.33. The molecule has 0 saturated carbocycles. The molecule has 1 atom stereocenters. The van der Waals surface area contributed by atoms with Crippen LogP contribution in [0.5, 0.6) is 0 Å². The van der Waals surface area contributed by atoms with Crippen LogP contribution in [0.25, 0.3) is 11.3 Å². The summed E-state index contributed by atoms with van der Waals surface area (Å²) >= 11 is 0. The molecule has 1 unspecified atom stereocenters. The molecule has 4 N–H and O–H groups in total. The first-order valence-electron chi connectivity index (χ1n) is 8.62. The second-order valence-corrected chi connectivity index (χ2v) is 6.24. The number of nitriles is 1. The van der Waals surface area contributed by atoms with E-state index in [-0.39, 0.29) is 5.69 Å². The maximum absolute atomic E-state index is 8.81. The number of aromatic nitrogens is 6. The molecule has 3 aromatic rings. The summed E-state index contributed by atoms with van der Waals surface area (Å²) in [5.41, 5.74) is 2.71. The second kappa shape index (κ2) is 7.76. The van der Waals surface area contributed by atoms with Gasteiger partial charge in [-0.1, -0.05) is 0 Å². The first kappa shape index (κ1) is 16.9. The third-order valence-electron chi connectivity index (χ3n) is 4.33. The largest absolute Gasteiger partial charge is 0.383 e. The van der Waals surface area contributed by atoms with Crippen LogP contribution in [0.15, 0.2) is 30.9 Å². The molecular weight excluding hydrogens is 344 g/mol. The SMILES string of the molecule is N#Cc1cnc(Nc2cc(NCC3CCNC3)c(-c3cn[nH]c3)nn2)cn1. The average Bonchev–Trinajstić information content (AvgIpc) is 3.41. The summed E-state index contributed by atoms with van der Waals surface area (Å²) in [6.45, 7) is 2.91. The second-order valence-electron chi connectivity index (χ2n) is 6.24. The van der Waals surface area contributed by atoms with Crippen molar-refractivity contribution in [1.82, 2.24) is 35.7 Å². The molecule has 1 aliphatic heterocycles. The number of H-pyrrole nitrogens is 1. The molecule has 136 valence electrons. The van der Waals surface area contributed by atoms with E-state index >= 15 is 0 Å². The van der Waals surface area contributed by atoms with Crippen molar-refractivity contribution in [2.45, 2.75) is 6.42 Å². The third kappa shape index (κ3) is 3.99. The van der Waals surface area contributed by atoms with Crippen molar-refractivity contribution in [3.8, 4) is 17.3 Å². The Morgan fingerprint density at radius 3 is 2.85 bits per heavy atom. The Balaban J connectivity index is 1.56. The van der Waals surface area contributed by atoms with E-state index in [1.807, 2.05) is 12.1 Å². The number of hydrogen-bond acceptors (Lipinski definition) is 9. The van der Waals surface area contributed by atoms with Gasteiger partial charge in [0.15, 0.2) is 11.5 Å². The lowest BCUT2D eigenvalue weighted by molar-refractivity contribution is 0.615. The average molecular weight is 362 g/mol. The predicted octanol–water partition coefficient (Wildman–Crippen LogP) is 1.29. The van der Waals surface area contributed by atoms with Gasteiger partial charge in [0.1, 0.15) is 17.6 Å². The summed E-state index contributed by atoms with van der Waals surface area (Å²) in [6, 6.07) is 3.83. The predicted molar refractivity (Wildman–Crippen MR) is 99.1 cm³/mol. The van der Waals surface area contributed by atoms with Gasteiger partial charge in [-0.2, -0.15) is 10.4 Å². The van der Waals surface area contributed by atoms with E-state index in [9.17, 15) is 0 Å². The van der Waals surface area contributed by atoms with Crippen LogP contribution in [0.4, 0.5) is 17.3 Å². The summed E-state index contributed by atoms with van der Waals surface area (Å²) < 4.78 is 0. The van der Waals surface area contributed by atoms with Gasteiger partial charge in [0, 0.05) is 24.4 Å². The molecule has 1 saturated heterocycles. The van der Waals surface area contributed by atoms with Gasteiger partial charge in [-0.15, -0.1) is 10.2 Å². The maximum atomic E-state index is 8.81. The van der Waals surface area contributed by atoms with Gasteiger partial charge in [0.25, 0.3) is 0 Å². The Bertz CT molecular complexity index is 923. The van der Waals surface area contributed by atoms with Gasteiger partial charge < -0.3 is 16.0 Å². The van der Waals surface area contributed by atoms with E-state index in [2.05, 4.69) is 46.3 Å². The lowest BCUT2D eigenvalue weighted by atomic mass is 10.1. The number of nitrogens with zero attached hydrogens (tertiary/aromatic N) is 6. The van der Waals surface area contributed by atoms with E-state index < -0.39 is 0 Å². The number of hydrogen-bond donors (Lipinski definition) is 4. The van der Waals surface area contributed by atoms with Crippen molar-refractivity contribution in [3.05, 3.63) is 36.5 Å². The van der Waals surface area contributed by atoms with E-state index in [0.717, 1.165) is 43.0 Å². The molecule has 1 aliphatic rings. The normalized spacial score (nSPS) is 16.0. The molecule has 4 heterocycles. The van der Waals surface area contributed by atoms with Gasteiger partial charge in [0.2, 0.25) is 0 Å². The molecule has 4 rings (SSSR count). The molecule has 0 radical (unpaired) electrons. The van der Waals surface area contributed by atoms with Crippen molar-refractivity contribution < 1.29 is 0 Å². The van der Waals surface area contributed by atoms with Crippen LogP contribution in [0, 0.1) is 17.2 Å². The Morgan fingerprint density at radius 1 is 1.19 bits per heavy atom. The molecule has 10 heteroatoms. The van der Waals surface area contributed by atoms with Gasteiger partial charge in [0.05, 0.1) is 24.3 Å². The number of anilines is 3. The summed E-state index contributed by atoms with van der Waals surface area (Å²) in [6.07, 6.45) is 7.54. The highest BCUT2D eigenvalue weighted by molar-refractivity contribution is 5.75. The highest BCUT2D eigenvalue weighted by atomic mass is 15.2. The molecule has 0 aliphatic carbocycles. The first-order chi connectivity index (χ1) is 13.3. The lowest BCUT2D eigenvalue weighted by Gasteiger charge is -2.14. The van der Waals surface area contributed by atoms with Crippen molar-refractivity contribution >= 4 is 17.3 Å². The van der Waals surface area contributed by atoms with Crippen LogP contribution in [0.1, 0.15) is 12.1 Å². The number of nitrogens with one attached hydrogen (secondary N) is 4. The molecule has 3 aromatic heterocycles. The molecule has 0 bridgehead atoms. The Labute approximate surface area is 155 Å². The van der Waals surface area contributed by atoms with E-state index in [1.54, 1.807) is 12.4 Å². The van der Waals surface area contributed by atoms with Crippen LogP contribution < -0.4 is 16.0 Å². The monoisotopic (exact) mass is 362 g/mol. The van der Waals surface area contributed by atoms with Crippen molar-refractivity contribution in [2.24, 2.45) is 5.92 Å². The minimum Gasteiger partial charge on any atom is -0.383 e. The fraction of sp³-hybridized carbons (Fsp3) is 0.294. The summed E-state index contributed by atoms with van der Waals surface area (Å²) in [5.74, 6) is 1.61. The molecule has 0 spiro atoms. The molecule has 27 heavy (non-hydrogen) atoms. The summed E-state index contributed by atoms with van der Waals surface area (Å²) in [4.78, 5) is 8.14. The Morgan fingerprint density at radius 2 is 2.15 bits per heavy atom. The maximum Gasteiger partial charge on any atom is 0.158 e. The molecule has 10 nitrogen and oxygen atoms in total. The van der Waals surface area contributed by atoms with Gasteiger partial charge >= 0.3 is 0 Å². The zero-order valence-corrected chi connectivity index (χ0v) is 14.5. The van der Waals surface area contributed by atoms with Crippen molar-refractivity contribution in [2.75, 3.05) is 30.3 Å². The van der Waals surface area contributed by atoms with Gasteiger partial charge in [-0.25, -0.2) is 9.97 Å². The quantitative estimate of drug-likeness (QED) is 0.510. The van der Waals surface area contributed by atoms with Crippen LogP contribution in [0.2, 0.25) is 0 Å².